The lowest BCUT2D eigenvalue weighted by atomic mass is 10.1. The number of phosphoric ester groups is 1. The van der Waals surface area contributed by atoms with Crippen LogP contribution >= 0.6 is 7.82 Å². The van der Waals surface area contributed by atoms with E-state index in [-0.39, 0.29) is 26.1 Å². The van der Waals surface area contributed by atoms with Crippen LogP contribution in [0, 0.1) is 0 Å². The van der Waals surface area contributed by atoms with Gasteiger partial charge in [-0.1, -0.05) is 169 Å². The molecule has 0 bridgehead atoms. The fourth-order valence-electron chi connectivity index (χ4n) is 5.92. The second-order valence-corrected chi connectivity index (χ2v) is 18.4. The summed E-state index contributed by atoms with van der Waals surface area (Å²) in [4.78, 5) is 35.5. The third-order valence-electron chi connectivity index (χ3n) is 9.69. The van der Waals surface area contributed by atoms with Gasteiger partial charge in [0.05, 0.1) is 33.9 Å². The third kappa shape index (κ3) is 46.7. The van der Waals surface area contributed by atoms with Gasteiger partial charge in [0.15, 0.2) is 6.10 Å². The van der Waals surface area contributed by atoms with E-state index in [2.05, 4.69) is 74.6 Å². The van der Waals surface area contributed by atoms with E-state index in [1.54, 1.807) is 18.2 Å². The van der Waals surface area contributed by atoms with Gasteiger partial charge in [0.2, 0.25) is 0 Å². The molecule has 0 aliphatic carbocycles. The van der Waals surface area contributed by atoms with E-state index in [9.17, 15) is 24.2 Å². The van der Waals surface area contributed by atoms with Crippen molar-refractivity contribution in [3.8, 4) is 0 Å². The maximum absolute atomic E-state index is 12.7. The summed E-state index contributed by atoms with van der Waals surface area (Å²) in [5.74, 6) is -0.992. The zero-order valence-electron chi connectivity index (χ0n) is 40.1. The van der Waals surface area contributed by atoms with E-state index in [0.717, 1.165) is 57.8 Å². The number of aliphatic hydroxyl groups excluding tert-OH is 1. The number of nitrogens with zero attached hydrogens (tertiary/aromatic N) is 1. The lowest BCUT2D eigenvalue weighted by molar-refractivity contribution is -0.870. The van der Waals surface area contributed by atoms with E-state index >= 15 is 0 Å². The summed E-state index contributed by atoms with van der Waals surface area (Å²) in [6.07, 6.45) is 53.5. The highest BCUT2D eigenvalue weighted by Gasteiger charge is 2.27. The molecule has 0 amide bonds. The summed E-state index contributed by atoms with van der Waals surface area (Å²) in [7, 11) is 1.35. The first-order valence-corrected chi connectivity index (χ1v) is 25.6. The van der Waals surface area contributed by atoms with Crippen molar-refractivity contribution in [3.05, 3.63) is 97.2 Å². The lowest BCUT2D eigenvalue weighted by Crippen LogP contribution is -2.37. The van der Waals surface area contributed by atoms with E-state index < -0.39 is 38.6 Å². The molecule has 10 nitrogen and oxygen atoms in total. The van der Waals surface area contributed by atoms with Crippen LogP contribution in [0.1, 0.15) is 162 Å². The molecule has 0 aliphatic heterocycles. The fraction of sp³-hybridized carbons (Fsp3) is 0.654. The van der Waals surface area contributed by atoms with Crippen LogP contribution in [0.2, 0.25) is 0 Å². The zero-order chi connectivity index (χ0) is 46.5. The Labute approximate surface area is 384 Å². The molecule has 0 heterocycles. The molecule has 0 aromatic carbocycles. The number of rotatable bonds is 42. The van der Waals surface area contributed by atoms with Crippen molar-refractivity contribution >= 4 is 19.8 Å². The molecule has 11 heteroatoms. The van der Waals surface area contributed by atoms with Crippen LogP contribution in [0.4, 0.5) is 0 Å². The van der Waals surface area contributed by atoms with E-state index in [1.807, 2.05) is 39.4 Å². The van der Waals surface area contributed by atoms with Crippen LogP contribution in [0.15, 0.2) is 97.2 Å². The minimum Gasteiger partial charge on any atom is -0.462 e. The van der Waals surface area contributed by atoms with Crippen molar-refractivity contribution in [2.45, 2.75) is 174 Å². The number of likely N-dealkylation sites (N-methyl/N-ethyl adjacent to an activating group) is 1. The van der Waals surface area contributed by atoms with Crippen LogP contribution in [0.5, 0.6) is 0 Å². The van der Waals surface area contributed by atoms with Crippen molar-refractivity contribution in [2.75, 3.05) is 47.5 Å². The normalized spacial score (nSPS) is 14.8. The highest BCUT2D eigenvalue weighted by Crippen LogP contribution is 2.43. The summed E-state index contributed by atoms with van der Waals surface area (Å²) in [6, 6.07) is 0. The Hall–Kier alpha value is -3.11. The second-order valence-electron chi connectivity index (χ2n) is 17.0. The van der Waals surface area contributed by atoms with Gasteiger partial charge in [-0.3, -0.25) is 18.6 Å². The molecule has 2 N–H and O–H groups in total. The minimum absolute atomic E-state index is 0.00640. The first kappa shape index (κ1) is 59.9. The van der Waals surface area contributed by atoms with E-state index in [0.29, 0.717) is 30.3 Å². The number of phosphoric acid groups is 1. The van der Waals surface area contributed by atoms with Crippen molar-refractivity contribution < 1.29 is 47.2 Å². The van der Waals surface area contributed by atoms with Gasteiger partial charge in [-0.25, -0.2) is 4.57 Å². The SMILES string of the molecule is CC/C=C\C/C=C\C/C=C\C/C=C\C=C/C(O)C/C=C\CCC(=O)O[C@H](COC(=O)CCCCCCCCCCC/C=C\C/C=C\CCCCC)COP(=O)(O)OCC[N+](C)(C)C. The maximum atomic E-state index is 12.7. The molecule has 0 fully saturated rings. The highest BCUT2D eigenvalue weighted by atomic mass is 31.2. The van der Waals surface area contributed by atoms with Gasteiger partial charge < -0.3 is 24.0 Å². The zero-order valence-corrected chi connectivity index (χ0v) is 41.0. The number of carbonyl (C=O) groups excluding carboxylic acids is 2. The first-order valence-electron chi connectivity index (χ1n) is 24.1. The average Bonchev–Trinajstić information content (AvgIpc) is 3.23. The average molecular weight is 903 g/mol. The van der Waals surface area contributed by atoms with Crippen molar-refractivity contribution in [2.24, 2.45) is 0 Å². The van der Waals surface area contributed by atoms with Gasteiger partial charge >= 0.3 is 19.8 Å². The molecule has 2 unspecified atom stereocenters. The van der Waals surface area contributed by atoms with Crippen molar-refractivity contribution in [3.63, 3.8) is 0 Å². The third-order valence-corrected chi connectivity index (χ3v) is 10.7. The number of allylic oxidation sites excluding steroid dienone is 14. The number of carbonyl (C=O) groups is 2. The number of unbranched alkanes of at least 4 members (excludes halogenated alkanes) is 12. The molecular formula is C52H89NO9P+. The monoisotopic (exact) mass is 903 g/mol. The molecule has 360 valence electrons. The summed E-state index contributed by atoms with van der Waals surface area (Å²) >= 11 is 0. The van der Waals surface area contributed by atoms with Gasteiger partial charge in [-0.05, 0) is 77.0 Å². The van der Waals surface area contributed by atoms with E-state index in [1.165, 1.54) is 57.8 Å². The number of hydrogen-bond donors (Lipinski definition) is 2. The molecule has 0 saturated carbocycles. The number of hydrogen-bond acceptors (Lipinski definition) is 8. The van der Waals surface area contributed by atoms with Crippen LogP contribution in [0.25, 0.3) is 0 Å². The molecule has 0 aliphatic rings. The Kier molecular flexibility index (Phi) is 40.7. The Morgan fingerprint density at radius 1 is 0.587 bits per heavy atom. The highest BCUT2D eigenvalue weighted by molar-refractivity contribution is 7.47. The van der Waals surface area contributed by atoms with Gasteiger partial charge in [-0.15, -0.1) is 0 Å². The van der Waals surface area contributed by atoms with E-state index in [4.69, 9.17) is 18.5 Å². The number of esters is 2. The Bertz CT molecular complexity index is 1410. The van der Waals surface area contributed by atoms with Crippen LogP contribution in [0.3, 0.4) is 0 Å². The smallest absolute Gasteiger partial charge is 0.462 e. The Balaban J connectivity index is 4.53. The second kappa shape index (κ2) is 42.8. The standard InChI is InChI=1S/C52H88NO9P/c1-6-8-10-12-14-16-18-20-21-22-23-24-25-27-29-31-33-35-39-43-51(55)59-47-50(48-61-63(57,58)60-46-45-53(3,4)5)62-52(56)44-40-36-38-42-49(54)41-37-34-32-30-28-26-19-17-15-13-11-9-7-2/h9,11,14-17,20-21,26,28,32,34,36-38,41,49-50,54H,6-8,10,12-13,18-19,22-25,27,29-31,33,35,39-40,42-48H2,1-5H3/p+1/b11-9-,16-14-,17-15-,21-20-,28-26-,34-32-,38-36-,41-37-/t49?,50-/m1/s1. The quantitative estimate of drug-likeness (QED) is 0.0154. The Morgan fingerprint density at radius 3 is 1.73 bits per heavy atom. The molecule has 0 rings (SSSR count). The number of ether oxygens (including phenoxy) is 2. The van der Waals surface area contributed by atoms with Crippen LogP contribution in [-0.4, -0.2) is 86.1 Å². The number of aliphatic hydroxyl groups is 1. The lowest BCUT2D eigenvalue weighted by Gasteiger charge is -2.24. The van der Waals surface area contributed by atoms with Gasteiger partial charge in [0, 0.05) is 12.8 Å². The van der Waals surface area contributed by atoms with Crippen molar-refractivity contribution in [1.29, 1.82) is 0 Å². The molecule has 0 aromatic rings. The molecular weight excluding hydrogens is 814 g/mol. The summed E-state index contributed by atoms with van der Waals surface area (Å²) in [6.45, 7) is 4.06. The summed E-state index contributed by atoms with van der Waals surface area (Å²) in [5, 5.41) is 10.3. The first-order chi connectivity index (χ1) is 30.4. The minimum atomic E-state index is -4.43. The molecule has 63 heavy (non-hydrogen) atoms. The number of quaternary nitrogens is 1. The maximum Gasteiger partial charge on any atom is 0.472 e. The topological polar surface area (TPSA) is 129 Å². The van der Waals surface area contributed by atoms with Crippen LogP contribution in [-0.2, 0) is 32.7 Å². The van der Waals surface area contributed by atoms with Gasteiger partial charge in [0.25, 0.3) is 0 Å². The molecule has 0 saturated heterocycles. The largest absolute Gasteiger partial charge is 0.472 e. The molecule has 0 spiro atoms. The molecule has 0 aromatic heterocycles. The van der Waals surface area contributed by atoms with Crippen LogP contribution < -0.4 is 0 Å². The van der Waals surface area contributed by atoms with Gasteiger partial charge in [0.1, 0.15) is 19.8 Å². The van der Waals surface area contributed by atoms with Gasteiger partial charge in [-0.2, -0.15) is 0 Å². The molecule has 3 atom stereocenters. The molecule has 0 radical (unpaired) electrons. The fourth-order valence-corrected chi connectivity index (χ4v) is 6.66. The predicted octanol–water partition coefficient (Wildman–Crippen LogP) is 13.1. The summed E-state index contributed by atoms with van der Waals surface area (Å²) < 4.78 is 34.2. The van der Waals surface area contributed by atoms with Crippen molar-refractivity contribution in [1.82, 2.24) is 0 Å². The predicted molar refractivity (Wildman–Crippen MR) is 262 cm³/mol. The Morgan fingerprint density at radius 2 is 1.13 bits per heavy atom. The summed E-state index contributed by atoms with van der Waals surface area (Å²) in [5.41, 5.74) is 0.